The lowest BCUT2D eigenvalue weighted by molar-refractivity contribution is -0.136. The van der Waals surface area contributed by atoms with Crippen molar-refractivity contribution in [3.63, 3.8) is 0 Å². The number of amides is 1. The van der Waals surface area contributed by atoms with E-state index in [-0.39, 0.29) is 24.9 Å². The molecule has 1 aromatic carbocycles. The smallest absolute Gasteiger partial charge is 0.246 e. The van der Waals surface area contributed by atoms with Gasteiger partial charge in [0, 0.05) is 25.7 Å². The van der Waals surface area contributed by atoms with Crippen molar-refractivity contribution in [1.29, 1.82) is 0 Å². The maximum absolute atomic E-state index is 12.7. The number of sulfonamides is 1. The van der Waals surface area contributed by atoms with Crippen molar-refractivity contribution < 1.29 is 17.7 Å². The number of aromatic nitrogens is 2. The monoisotopic (exact) mass is 392 g/mol. The molecule has 1 atom stereocenters. The first kappa shape index (κ1) is 19.5. The lowest BCUT2D eigenvalue weighted by Gasteiger charge is -2.32. The summed E-state index contributed by atoms with van der Waals surface area (Å²) in [6.07, 6.45) is 2.53. The van der Waals surface area contributed by atoms with Gasteiger partial charge in [0.2, 0.25) is 27.6 Å². The van der Waals surface area contributed by atoms with E-state index in [1.165, 1.54) is 15.5 Å². The number of piperidine rings is 1. The minimum Gasteiger partial charge on any atom is -0.337 e. The largest absolute Gasteiger partial charge is 0.337 e. The molecule has 0 spiro atoms. The highest BCUT2D eigenvalue weighted by atomic mass is 32.2. The van der Waals surface area contributed by atoms with Crippen molar-refractivity contribution in [2.45, 2.75) is 26.3 Å². The minimum atomic E-state index is -3.29. The molecule has 9 heteroatoms. The topological polar surface area (TPSA) is 96.6 Å². The zero-order valence-electron chi connectivity index (χ0n) is 15.8. The maximum Gasteiger partial charge on any atom is 0.246 e. The number of nitrogens with zero attached hydrogens (tertiary/aromatic N) is 4. The molecule has 1 saturated heterocycles. The number of hydrogen-bond donors (Lipinski definition) is 0. The molecule has 0 radical (unpaired) electrons. The van der Waals surface area contributed by atoms with Gasteiger partial charge in [0.15, 0.2) is 0 Å². The number of benzene rings is 1. The predicted molar refractivity (Wildman–Crippen MR) is 100 cm³/mol. The van der Waals surface area contributed by atoms with Crippen molar-refractivity contribution in [2.75, 3.05) is 26.4 Å². The average Bonchev–Trinajstić information content (AvgIpc) is 3.09. The lowest BCUT2D eigenvalue weighted by atomic mass is 9.98. The molecular weight excluding hydrogens is 368 g/mol. The average molecular weight is 392 g/mol. The zero-order chi connectivity index (χ0) is 19.6. The van der Waals surface area contributed by atoms with E-state index in [0.717, 1.165) is 11.1 Å². The van der Waals surface area contributed by atoms with Crippen LogP contribution in [0.5, 0.6) is 0 Å². The fraction of sp³-hybridized carbons (Fsp3) is 0.500. The third-order valence-electron chi connectivity index (χ3n) is 4.81. The summed E-state index contributed by atoms with van der Waals surface area (Å²) in [4.78, 5) is 18.6. The quantitative estimate of drug-likeness (QED) is 0.768. The molecule has 1 unspecified atom stereocenters. The number of rotatable bonds is 5. The molecule has 3 rings (SSSR count). The Labute approximate surface area is 159 Å². The summed E-state index contributed by atoms with van der Waals surface area (Å²) >= 11 is 0. The van der Waals surface area contributed by atoms with Gasteiger partial charge in [-0.3, -0.25) is 4.79 Å². The highest BCUT2D eigenvalue weighted by Gasteiger charge is 2.32. The highest BCUT2D eigenvalue weighted by molar-refractivity contribution is 7.88. The molecule has 0 aliphatic carbocycles. The summed E-state index contributed by atoms with van der Waals surface area (Å²) in [6, 6.07) is 7.74. The molecule has 8 nitrogen and oxygen atoms in total. The second-order valence-electron chi connectivity index (χ2n) is 6.98. The normalized spacial score (nSPS) is 18.4. The SMILES string of the molecule is Cc1ccccc1-c1noc(CN(C)C(=O)C2CCCN(S(C)(=O)=O)C2)n1. The van der Waals surface area contributed by atoms with Crippen LogP contribution < -0.4 is 0 Å². The van der Waals surface area contributed by atoms with E-state index < -0.39 is 10.0 Å². The molecule has 0 bridgehead atoms. The Hall–Kier alpha value is -2.26. The van der Waals surface area contributed by atoms with Gasteiger partial charge in [0.1, 0.15) is 0 Å². The van der Waals surface area contributed by atoms with Crippen LogP contribution in [0.3, 0.4) is 0 Å². The van der Waals surface area contributed by atoms with Crippen molar-refractivity contribution in [3.8, 4) is 11.4 Å². The molecule has 2 heterocycles. The Morgan fingerprint density at radius 2 is 2.11 bits per heavy atom. The van der Waals surface area contributed by atoms with Gasteiger partial charge in [0.05, 0.1) is 18.7 Å². The van der Waals surface area contributed by atoms with E-state index in [2.05, 4.69) is 10.1 Å². The van der Waals surface area contributed by atoms with Crippen LogP contribution in [0.1, 0.15) is 24.3 Å². The number of aryl methyl sites for hydroxylation is 1. The summed E-state index contributed by atoms with van der Waals surface area (Å²) in [5.74, 6) is 0.376. The van der Waals surface area contributed by atoms with Crippen LogP contribution in [0.2, 0.25) is 0 Å². The van der Waals surface area contributed by atoms with Gasteiger partial charge in [-0.15, -0.1) is 0 Å². The molecule has 1 aliphatic heterocycles. The molecular formula is C18H24N4O4S. The molecule has 1 fully saturated rings. The van der Waals surface area contributed by atoms with Crippen LogP contribution in [-0.2, 0) is 21.4 Å². The second-order valence-corrected chi connectivity index (χ2v) is 8.96. The van der Waals surface area contributed by atoms with Crippen LogP contribution in [0.15, 0.2) is 28.8 Å². The molecule has 0 N–H and O–H groups in total. The summed E-state index contributed by atoms with van der Waals surface area (Å²) in [7, 11) is -1.62. The van der Waals surface area contributed by atoms with Crippen molar-refractivity contribution in [3.05, 3.63) is 35.7 Å². The first-order valence-electron chi connectivity index (χ1n) is 8.84. The van der Waals surface area contributed by atoms with Gasteiger partial charge < -0.3 is 9.42 Å². The van der Waals surface area contributed by atoms with E-state index >= 15 is 0 Å². The summed E-state index contributed by atoms with van der Waals surface area (Å²) in [5.41, 5.74) is 1.93. The summed E-state index contributed by atoms with van der Waals surface area (Å²) in [5, 5.41) is 4.00. The van der Waals surface area contributed by atoms with Crippen LogP contribution in [-0.4, -0.2) is 60.1 Å². The Kier molecular flexibility index (Phi) is 5.61. The van der Waals surface area contributed by atoms with Crippen LogP contribution >= 0.6 is 0 Å². The molecule has 1 aromatic heterocycles. The van der Waals surface area contributed by atoms with Crippen LogP contribution in [0, 0.1) is 12.8 Å². The van der Waals surface area contributed by atoms with E-state index in [1.54, 1.807) is 7.05 Å². The van der Waals surface area contributed by atoms with Gasteiger partial charge in [-0.25, -0.2) is 12.7 Å². The van der Waals surface area contributed by atoms with Gasteiger partial charge in [-0.1, -0.05) is 29.4 Å². The second kappa shape index (κ2) is 7.77. The Bertz CT molecular complexity index is 925. The van der Waals surface area contributed by atoms with Crippen molar-refractivity contribution in [2.24, 2.45) is 5.92 Å². The molecule has 27 heavy (non-hydrogen) atoms. The fourth-order valence-electron chi connectivity index (χ4n) is 3.29. The Morgan fingerprint density at radius 3 is 2.81 bits per heavy atom. The predicted octanol–water partition coefficient (Wildman–Crippen LogP) is 1.68. The molecule has 1 aliphatic rings. The fourth-order valence-corrected chi connectivity index (χ4v) is 4.20. The van der Waals surface area contributed by atoms with E-state index in [0.29, 0.717) is 31.1 Å². The number of carbonyl (C=O) groups is 1. The third kappa shape index (κ3) is 4.54. The van der Waals surface area contributed by atoms with Crippen molar-refractivity contribution >= 4 is 15.9 Å². The van der Waals surface area contributed by atoms with Gasteiger partial charge >= 0.3 is 0 Å². The van der Waals surface area contributed by atoms with Crippen LogP contribution in [0.25, 0.3) is 11.4 Å². The van der Waals surface area contributed by atoms with E-state index in [4.69, 9.17) is 4.52 Å². The molecule has 0 saturated carbocycles. The zero-order valence-corrected chi connectivity index (χ0v) is 16.6. The maximum atomic E-state index is 12.7. The Balaban J connectivity index is 1.66. The summed E-state index contributed by atoms with van der Waals surface area (Å²) in [6.45, 7) is 2.85. The Morgan fingerprint density at radius 1 is 1.37 bits per heavy atom. The molecule has 1 amide bonds. The minimum absolute atomic E-state index is 0.112. The van der Waals surface area contributed by atoms with Crippen LogP contribution in [0.4, 0.5) is 0 Å². The first-order chi connectivity index (χ1) is 12.8. The number of carbonyl (C=O) groups excluding carboxylic acids is 1. The summed E-state index contributed by atoms with van der Waals surface area (Å²) < 4.78 is 30.2. The first-order valence-corrected chi connectivity index (χ1v) is 10.7. The standard InChI is InChI=1S/C18H24N4O4S/c1-13-7-4-5-9-15(13)17-19-16(26-20-17)12-21(2)18(23)14-8-6-10-22(11-14)27(3,24)25/h4-5,7,9,14H,6,8,10-12H2,1-3H3. The van der Waals surface area contributed by atoms with Gasteiger partial charge in [0.25, 0.3) is 0 Å². The third-order valence-corrected chi connectivity index (χ3v) is 6.07. The van der Waals surface area contributed by atoms with Gasteiger partial charge in [-0.05, 0) is 25.3 Å². The lowest BCUT2D eigenvalue weighted by Crippen LogP contribution is -2.45. The van der Waals surface area contributed by atoms with E-state index in [9.17, 15) is 13.2 Å². The van der Waals surface area contributed by atoms with Gasteiger partial charge in [-0.2, -0.15) is 4.98 Å². The number of hydrogen-bond acceptors (Lipinski definition) is 6. The highest BCUT2D eigenvalue weighted by Crippen LogP contribution is 2.22. The van der Waals surface area contributed by atoms with E-state index in [1.807, 2.05) is 31.2 Å². The molecule has 2 aromatic rings. The van der Waals surface area contributed by atoms with Crippen molar-refractivity contribution in [1.82, 2.24) is 19.3 Å². The molecule has 146 valence electrons.